The minimum absolute atomic E-state index is 0.744. The molecule has 0 radical (unpaired) electrons. The van der Waals surface area contributed by atoms with Gasteiger partial charge in [-0.15, -0.1) is 0 Å². The summed E-state index contributed by atoms with van der Waals surface area (Å²) in [5, 5.41) is 1.45. The predicted octanol–water partition coefficient (Wildman–Crippen LogP) is 3.59. The maximum Gasteiger partial charge on any atom is 0.0567 e. The quantitative estimate of drug-likeness (QED) is 0.733. The normalized spacial score (nSPS) is 11.5. The zero-order valence-electron chi connectivity index (χ0n) is 7.49. The third kappa shape index (κ3) is 2.18. The van der Waals surface area contributed by atoms with Gasteiger partial charge in [-0.25, -0.2) is 4.75 Å². The lowest BCUT2D eigenvalue weighted by atomic mass is 10.1. The molecule has 0 saturated heterocycles. The highest BCUT2D eigenvalue weighted by Crippen LogP contribution is 2.27. The van der Waals surface area contributed by atoms with Crippen LogP contribution in [-0.4, -0.2) is 4.75 Å². The van der Waals surface area contributed by atoms with Crippen LogP contribution in [0.1, 0.15) is 16.6 Å². The van der Waals surface area contributed by atoms with Crippen molar-refractivity contribution in [2.75, 3.05) is 0 Å². The van der Waals surface area contributed by atoms with Gasteiger partial charge in [-0.1, -0.05) is 30.3 Å². The van der Waals surface area contributed by atoms with Gasteiger partial charge >= 0.3 is 0 Å². The first-order valence-electron chi connectivity index (χ1n) is 4.26. The third-order valence-corrected chi connectivity index (χ3v) is 4.70. The van der Waals surface area contributed by atoms with Crippen molar-refractivity contribution >= 4 is 15.9 Å². The van der Waals surface area contributed by atoms with Crippen LogP contribution in [0.5, 0.6) is 0 Å². The molecule has 3 heteroatoms. The maximum atomic E-state index is 4.51. The Hall–Kier alpha value is -0.640. The highest BCUT2D eigenvalue weighted by atomic mass is 31.8. The Labute approximate surface area is 81.4 Å². The van der Waals surface area contributed by atoms with Gasteiger partial charge in [0.25, 0.3) is 0 Å². The molecule has 0 aliphatic carbocycles. The van der Waals surface area contributed by atoms with E-state index in [0.29, 0.717) is 0 Å². The Morgan fingerprint density at radius 1 is 1.31 bits per heavy atom. The van der Waals surface area contributed by atoms with Gasteiger partial charge in [-0.3, -0.25) is 0 Å². The summed E-state index contributed by atoms with van der Waals surface area (Å²) >= 11 is 0. The molecule has 0 amide bonds. The van der Waals surface area contributed by atoms with Crippen LogP contribution in [0.2, 0.25) is 0 Å². The van der Waals surface area contributed by atoms with E-state index < -0.39 is 0 Å². The summed E-state index contributed by atoms with van der Waals surface area (Å²) in [4.78, 5) is 0. The van der Waals surface area contributed by atoms with Gasteiger partial charge in [0.2, 0.25) is 0 Å². The van der Waals surface area contributed by atoms with Crippen molar-refractivity contribution in [2.24, 2.45) is 0 Å². The molecular weight excluding hydrogens is 196 g/mol. The molecule has 0 saturated carbocycles. The van der Waals surface area contributed by atoms with Gasteiger partial charge in [0.05, 0.1) is 5.69 Å². The Balaban J connectivity index is 2.20. The number of hydrogen-bond acceptors (Lipinski definition) is 1. The lowest BCUT2D eigenvalue weighted by molar-refractivity contribution is 1.11. The number of aryl methyl sites for hydroxylation is 1. The Kier molecular flexibility index (Phi) is 2.78. The van der Waals surface area contributed by atoms with Crippen LogP contribution in [0.25, 0.3) is 0 Å². The largest absolute Gasteiger partial charge is 0.240 e. The molecule has 1 atom stereocenters. The average molecular weight is 207 g/mol. The lowest BCUT2D eigenvalue weighted by Gasteiger charge is -1.98. The Morgan fingerprint density at radius 3 is 2.69 bits per heavy atom. The highest BCUT2D eigenvalue weighted by Gasteiger charge is 2.01. The van der Waals surface area contributed by atoms with Crippen LogP contribution in [0.4, 0.5) is 0 Å². The lowest BCUT2D eigenvalue weighted by Crippen LogP contribution is -1.88. The molecule has 0 spiro atoms. The van der Waals surface area contributed by atoms with Crippen molar-refractivity contribution < 1.29 is 0 Å². The molecule has 2 aromatic rings. The van der Waals surface area contributed by atoms with Crippen LogP contribution in [-0.2, 0) is 6.42 Å². The van der Waals surface area contributed by atoms with Crippen molar-refractivity contribution in [2.45, 2.75) is 13.3 Å². The van der Waals surface area contributed by atoms with Crippen molar-refractivity contribution in [3.05, 3.63) is 46.9 Å². The maximum absolute atomic E-state index is 4.51. The fourth-order valence-corrected chi connectivity index (χ4v) is 3.53. The molecule has 1 heterocycles. The van der Waals surface area contributed by atoms with Gasteiger partial charge < -0.3 is 0 Å². The van der Waals surface area contributed by atoms with E-state index in [9.17, 15) is 0 Å². The molecule has 13 heavy (non-hydrogen) atoms. The van der Waals surface area contributed by atoms with Gasteiger partial charge in [0.15, 0.2) is 0 Å². The fraction of sp³-hybridized carbons (Fsp3) is 0.200. The second-order valence-corrected chi connectivity index (χ2v) is 5.61. The Bertz CT molecular complexity index is 381. The number of hydrogen-bond donors (Lipinski definition) is 0. The van der Waals surface area contributed by atoms with E-state index >= 15 is 0 Å². The minimum Gasteiger partial charge on any atom is -0.240 e. The van der Waals surface area contributed by atoms with Crippen molar-refractivity contribution in [1.82, 2.24) is 4.75 Å². The zero-order valence-corrected chi connectivity index (χ0v) is 9.38. The van der Waals surface area contributed by atoms with Crippen LogP contribution in [0.15, 0.2) is 30.3 Å². The second-order valence-electron chi connectivity index (χ2n) is 3.02. The first-order valence-corrected chi connectivity index (χ1v) is 6.95. The molecule has 2 rings (SSSR count). The summed E-state index contributed by atoms with van der Waals surface area (Å²) in [6, 6.07) is 10.5. The van der Waals surface area contributed by atoms with E-state index in [4.69, 9.17) is 0 Å². The molecule has 1 nitrogen and oxygen atoms in total. The molecule has 0 aliphatic rings. The molecule has 0 N–H and O–H groups in total. The number of nitrogens with zero attached hydrogens (tertiary/aromatic N) is 1. The van der Waals surface area contributed by atoms with E-state index in [1.807, 2.05) is 0 Å². The van der Waals surface area contributed by atoms with E-state index in [1.165, 1.54) is 24.4 Å². The molecule has 0 aliphatic heterocycles. The summed E-state index contributed by atoms with van der Waals surface area (Å²) < 4.78 is 4.51. The number of aromatic nitrogens is 1. The first-order chi connectivity index (χ1) is 6.36. The summed E-state index contributed by atoms with van der Waals surface area (Å²) in [7, 11) is 2.15. The third-order valence-electron chi connectivity index (χ3n) is 2.03. The molecule has 1 aromatic carbocycles. The van der Waals surface area contributed by atoms with Crippen molar-refractivity contribution in [3.63, 3.8) is 0 Å². The van der Waals surface area contributed by atoms with Crippen LogP contribution >= 0.6 is 15.9 Å². The second kappa shape index (κ2) is 4.05. The van der Waals surface area contributed by atoms with E-state index in [2.05, 4.69) is 42.0 Å². The predicted molar refractivity (Wildman–Crippen MR) is 60.2 cm³/mol. The van der Waals surface area contributed by atoms with Crippen LogP contribution < -0.4 is 0 Å². The van der Waals surface area contributed by atoms with Crippen LogP contribution in [0, 0.1) is 6.92 Å². The van der Waals surface area contributed by atoms with Gasteiger partial charge in [-0.05, 0) is 28.4 Å². The van der Waals surface area contributed by atoms with Crippen molar-refractivity contribution in [1.29, 1.82) is 0 Å². The van der Waals surface area contributed by atoms with Gasteiger partial charge in [0, 0.05) is 11.7 Å². The SMILES string of the molecule is Cc1p[pH]nc1Cc1ccccc1. The fourth-order valence-electron chi connectivity index (χ4n) is 1.26. The highest BCUT2D eigenvalue weighted by molar-refractivity contribution is 7.89. The molecule has 0 fully saturated rings. The molecule has 1 unspecified atom stereocenters. The average Bonchev–Trinajstić information content (AvgIpc) is 2.54. The summed E-state index contributed by atoms with van der Waals surface area (Å²) in [6.45, 7) is 2.18. The van der Waals surface area contributed by atoms with E-state index in [0.717, 1.165) is 14.4 Å². The van der Waals surface area contributed by atoms with Crippen molar-refractivity contribution in [3.8, 4) is 0 Å². The number of benzene rings is 1. The number of rotatable bonds is 2. The topological polar surface area (TPSA) is 12.9 Å². The van der Waals surface area contributed by atoms with Gasteiger partial charge in [-0.2, -0.15) is 0 Å². The standard InChI is InChI=1S/C10H11NP2/c1-8-10(11-13-12-8)7-9-5-3-2-4-6-9/h2-6,13H,7H2,1H3. The summed E-state index contributed by atoms with van der Waals surface area (Å²) in [6.07, 6.45) is 1.01. The molecule has 1 aromatic heterocycles. The zero-order chi connectivity index (χ0) is 9.10. The van der Waals surface area contributed by atoms with E-state index in [1.54, 1.807) is 0 Å². The van der Waals surface area contributed by atoms with E-state index in [-0.39, 0.29) is 0 Å². The first kappa shape index (κ1) is 8.94. The summed E-state index contributed by atoms with van der Waals surface area (Å²) in [5.41, 5.74) is 2.66. The molecule has 66 valence electrons. The molecular formula is C10H11NP2. The Morgan fingerprint density at radius 2 is 2.08 bits per heavy atom. The molecule has 0 bridgehead atoms. The smallest absolute Gasteiger partial charge is 0.0567 e. The van der Waals surface area contributed by atoms with Gasteiger partial charge in [0.1, 0.15) is 0 Å². The minimum atomic E-state index is 0.744. The van der Waals surface area contributed by atoms with Crippen LogP contribution in [0.3, 0.4) is 0 Å². The monoisotopic (exact) mass is 207 g/mol. The summed E-state index contributed by atoms with van der Waals surface area (Å²) in [5.74, 6) is 0.